The minimum absolute atomic E-state index is 0.00665. The molecule has 3 aromatic rings. The maximum atomic E-state index is 13.2. The quantitative estimate of drug-likeness (QED) is 0.583. The second kappa shape index (κ2) is 9.57. The maximum Gasteiger partial charge on any atom is 0.331 e. The average molecular weight is 408 g/mol. The summed E-state index contributed by atoms with van der Waals surface area (Å²) >= 11 is 0. The number of rotatable bonds is 8. The summed E-state index contributed by atoms with van der Waals surface area (Å²) in [6.07, 6.45) is 1.59. The molecule has 0 aliphatic carbocycles. The number of nitrogens with one attached hydrogen (secondary N) is 1. The summed E-state index contributed by atoms with van der Waals surface area (Å²) in [6, 6.07) is 15.3. The van der Waals surface area contributed by atoms with Crippen LogP contribution >= 0.6 is 0 Å². The molecule has 3 rings (SSSR count). The summed E-state index contributed by atoms with van der Waals surface area (Å²) in [6.45, 7) is 6.56. The van der Waals surface area contributed by atoms with E-state index in [4.69, 9.17) is 0 Å². The van der Waals surface area contributed by atoms with Crippen LogP contribution in [-0.4, -0.2) is 21.1 Å². The van der Waals surface area contributed by atoms with Crippen molar-refractivity contribution in [2.75, 3.05) is 0 Å². The number of carbonyl (C=O) groups excluding carboxylic acids is 1. The van der Waals surface area contributed by atoms with E-state index in [-0.39, 0.29) is 23.2 Å². The van der Waals surface area contributed by atoms with Crippen LogP contribution in [0.5, 0.6) is 0 Å². The highest BCUT2D eigenvalue weighted by Gasteiger charge is 2.14. The molecule has 1 amide bonds. The molecule has 0 atom stereocenters. The van der Waals surface area contributed by atoms with Gasteiger partial charge in [-0.3, -0.25) is 18.7 Å². The van der Waals surface area contributed by atoms with Gasteiger partial charge in [-0.2, -0.15) is 0 Å². The van der Waals surface area contributed by atoms with Crippen LogP contribution in [0.25, 0.3) is 10.9 Å². The number of aryl methyl sites for hydroxylation is 1. The van der Waals surface area contributed by atoms with Gasteiger partial charge in [0, 0.05) is 19.0 Å². The van der Waals surface area contributed by atoms with Crippen LogP contribution in [0.2, 0.25) is 0 Å². The molecule has 1 aromatic heterocycles. The Morgan fingerprint density at radius 3 is 2.40 bits per heavy atom. The van der Waals surface area contributed by atoms with E-state index < -0.39 is 0 Å². The lowest BCUT2D eigenvalue weighted by molar-refractivity contribution is -0.121. The van der Waals surface area contributed by atoms with Crippen molar-refractivity contribution in [3.63, 3.8) is 0 Å². The molecule has 0 radical (unpaired) electrons. The summed E-state index contributed by atoms with van der Waals surface area (Å²) in [5.41, 5.74) is 2.20. The van der Waals surface area contributed by atoms with Gasteiger partial charge in [0.15, 0.2) is 0 Å². The standard InChI is InChI=1S/C24H29N3O3/c1-17(2)25-22(28)14-8-9-15-26-23(29)20-12-6-7-13-21(20)27(24(26)30)16-19-11-5-4-10-18(19)3/h4-7,10-13,17H,8-9,14-16H2,1-3H3,(H,25,28). The zero-order valence-electron chi connectivity index (χ0n) is 17.9. The summed E-state index contributed by atoms with van der Waals surface area (Å²) < 4.78 is 2.98. The lowest BCUT2D eigenvalue weighted by Crippen LogP contribution is -2.40. The highest BCUT2D eigenvalue weighted by molar-refractivity contribution is 5.78. The summed E-state index contributed by atoms with van der Waals surface area (Å²) in [5, 5.41) is 3.39. The Kier molecular flexibility index (Phi) is 6.87. The van der Waals surface area contributed by atoms with Crippen LogP contribution in [0.4, 0.5) is 0 Å². The Hall–Kier alpha value is -3.15. The smallest absolute Gasteiger partial charge is 0.331 e. The molecule has 2 aromatic carbocycles. The molecule has 6 heteroatoms. The molecule has 0 saturated carbocycles. The monoisotopic (exact) mass is 407 g/mol. The van der Waals surface area contributed by atoms with E-state index in [9.17, 15) is 14.4 Å². The third-order valence-corrected chi connectivity index (χ3v) is 5.21. The van der Waals surface area contributed by atoms with Gasteiger partial charge in [-0.15, -0.1) is 0 Å². The number of benzene rings is 2. The number of fused-ring (bicyclic) bond motifs is 1. The number of hydrogen-bond acceptors (Lipinski definition) is 3. The molecule has 1 N–H and O–H groups in total. The molecule has 6 nitrogen and oxygen atoms in total. The molecular formula is C24H29N3O3. The minimum atomic E-state index is -0.311. The van der Waals surface area contributed by atoms with E-state index in [0.717, 1.165) is 11.1 Å². The predicted octanol–water partition coefficient (Wildman–Crippen LogP) is 3.21. The Bertz CT molecular complexity index is 1160. The number of unbranched alkanes of at least 4 members (excludes halogenated alkanes) is 1. The molecule has 0 saturated heterocycles. The SMILES string of the molecule is Cc1ccccc1Cn1c(=O)n(CCCCC(=O)NC(C)C)c(=O)c2ccccc21. The maximum absolute atomic E-state index is 13.2. The first-order valence-electron chi connectivity index (χ1n) is 10.4. The van der Waals surface area contributed by atoms with E-state index in [2.05, 4.69) is 5.32 Å². The van der Waals surface area contributed by atoms with Crippen LogP contribution < -0.4 is 16.6 Å². The lowest BCUT2D eigenvalue weighted by atomic mass is 10.1. The van der Waals surface area contributed by atoms with Crippen LogP contribution in [-0.2, 0) is 17.9 Å². The Morgan fingerprint density at radius 2 is 1.67 bits per heavy atom. The first-order valence-corrected chi connectivity index (χ1v) is 10.4. The van der Waals surface area contributed by atoms with Crippen LogP contribution in [0.15, 0.2) is 58.1 Å². The van der Waals surface area contributed by atoms with E-state index in [1.807, 2.05) is 63.2 Å². The molecule has 0 bridgehead atoms. The molecule has 0 aliphatic rings. The summed E-state index contributed by atoms with van der Waals surface area (Å²) in [4.78, 5) is 38.0. The first-order chi connectivity index (χ1) is 14.4. The minimum Gasteiger partial charge on any atom is -0.354 e. The fourth-order valence-electron chi connectivity index (χ4n) is 3.63. The van der Waals surface area contributed by atoms with Gasteiger partial charge < -0.3 is 5.32 Å². The molecule has 0 unspecified atom stereocenters. The summed E-state index contributed by atoms with van der Waals surface area (Å²) in [5.74, 6) is -0.00665. The van der Waals surface area contributed by atoms with Crippen LogP contribution in [0.1, 0.15) is 44.2 Å². The highest BCUT2D eigenvalue weighted by Crippen LogP contribution is 2.13. The molecule has 0 spiro atoms. The Labute approximate surface area is 176 Å². The van der Waals surface area contributed by atoms with Crippen molar-refractivity contribution in [1.29, 1.82) is 0 Å². The summed E-state index contributed by atoms with van der Waals surface area (Å²) in [7, 11) is 0. The van der Waals surface area contributed by atoms with Crippen molar-refractivity contribution in [3.8, 4) is 0 Å². The number of hydrogen-bond donors (Lipinski definition) is 1. The largest absolute Gasteiger partial charge is 0.354 e. The van der Waals surface area contributed by atoms with Gasteiger partial charge in [0.2, 0.25) is 5.91 Å². The number of carbonyl (C=O) groups is 1. The Balaban J connectivity index is 1.90. The van der Waals surface area contributed by atoms with Crippen molar-refractivity contribution in [2.45, 2.75) is 59.2 Å². The predicted molar refractivity (Wildman–Crippen MR) is 120 cm³/mol. The second-order valence-electron chi connectivity index (χ2n) is 7.95. The highest BCUT2D eigenvalue weighted by atomic mass is 16.2. The molecule has 30 heavy (non-hydrogen) atoms. The topological polar surface area (TPSA) is 73.1 Å². The molecule has 0 fully saturated rings. The van der Waals surface area contributed by atoms with Crippen molar-refractivity contribution < 1.29 is 4.79 Å². The average Bonchev–Trinajstić information content (AvgIpc) is 2.71. The van der Waals surface area contributed by atoms with Crippen LogP contribution in [0, 0.1) is 6.92 Å². The normalized spacial score (nSPS) is 11.2. The zero-order valence-corrected chi connectivity index (χ0v) is 17.9. The molecule has 158 valence electrons. The van der Waals surface area contributed by atoms with Crippen molar-refractivity contribution in [3.05, 3.63) is 80.5 Å². The van der Waals surface area contributed by atoms with Gasteiger partial charge >= 0.3 is 5.69 Å². The van der Waals surface area contributed by atoms with Gasteiger partial charge in [0.25, 0.3) is 5.56 Å². The van der Waals surface area contributed by atoms with Gasteiger partial charge in [-0.25, -0.2) is 4.79 Å². The number of amides is 1. The van der Waals surface area contributed by atoms with Crippen molar-refractivity contribution in [2.24, 2.45) is 0 Å². The Morgan fingerprint density at radius 1 is 0.967 bits per heavy atom. The zero-order chi connectivity index (χ0) is 21.7. The van der Waals surface area contributed by atoms with E-state index >= 15 is 0 Å². The van der Waals surface area contributed by atoms with E-state index in [0.29, 0.717) is 43.3 Å². The third kappa shape index (κ3) is 4.87. The first kappa shape index (κ1) is 21.6. The van der Waals surface area contributed by atoms with Crippen LogP contribution in [0.3, 0.4) is 0 Å². The lowest BCUT2D eigenvalue weighted by Gasteiger charge is -2.15. The molecule has 1 heterocycles. The fraction of sp³-hybridized carbons (Fsp3) is 0.375. The molecular weight excluding hydrogens is 378 g/mol. The van der Waals surface area contributed by atoms with Gasteiger partial charge in [-0.1, -0.05) is 36.4 Å². The van der Waals surface area contributed by atoms with Crippen molar-refractivity contribution in [1.82, 2.24) is 14.5 Å². The third-order valence-electron chi connectivity index (χ3n) is 5.21. The van der Waals surface area contributed by atoms with E-state index in [1.54, 1.807) is 10.6 Å². The second-order valence-corrected chi connectivity index (χ2v) is 7.95. The van der Waals surface area contributed by atoms with Crippen molar-refractivity contribution >= 4 is 16.8 Å². The van der Waals surface area contributed by atoms with E-state index in [1.165, 1.54) is 4.57 Å². The van der Waals surface area contributed by atoms with Gasteiger partial charge in [-0.05, 0) is 56.9 Å². The fourth-order valence-corrected chi connectivity index (χ4v) is 3.63. The molecule has 0 aliphatic heterocycles. The number of aromatic nitrogens is 2. The van der Waals surface area contributed by atoms with Gasteiger partial charge in [0.1, 0.15) is 0 Å². The number of para-hydroxylation sites is 1. The van der Waals surface area contributed by atoms with Gasteiger partial charge in [0.05, 0.1) is 17.4 Å². The number of nitrogens with zero attached hydrogens (tertiary/aromatic N) is 2.